The lowest BCUT2D eigenvalue weighted by atomic mass is 9.96. The highest BCUT2D eigenvalue weighted by Gasteiger charge is 2.28. The van der Waals surface area contributed by atoms with Gasteiger partial charge in [-0.2, -0.15) is 4.98 Å². The zero-order chi connectivity index (χ0) is 17.1. The summed E-state index contributed by atoms with van der Waals surface area (Å²) in [6.07, 6.45) is 5.95. The van der Waals surface area contributed by atoms with Gasteiger partial charge in [-0.1, -0.05) is 6.92 Å². The summed E-state index contributed by atoms with van der Waals surface area (Å²) in [4.78, 5) is 25.0. The van der Waals surface area contributed by atoms with Crippen molar-refractivity contribution < 1.29 is 9.32 Å². The Morgan fingerprint density at radius 1 is 1.38 bits per heavy atom. The molecule has 7 heteroatoms. The standard InChI is InChI=1S/C17H23N5O2/c1-4-12-11-18-8-5-14(12)16(23)22-9-6-13(7-10-22)15-19-17(20-24-15)21(2)3/h5,8,11,13H,4,6-7,9-10H2,1-3H3. The number of likely N-dealkylation sites (tertiary alicyclic amines) is 1. The zero-order valence-corrected chi connectivity index (χ0v) is 14.4. The molecule has 1 amide bonds. The van der Waals surface area contributed by atoms with Crippen LogP contribution in [0.2, 0.25) is 0 Å². The highest BCUT2D eigenvalue weighted by Crippen LogP contribution is 2.28. The lowest BCUT2D eigenvalue weighted by molar-refractivity contribution is 0.0703. The van der Waals surface area contributed by atoms with E-state index in [0.29, 0.717) is 24.9 Å². The number of hydrogen-bond donors (Lipinski definition) is 0. The van der Waals surface area contributed by atoms with Gasteiger partial charge < -0.3 is 14.3 Å². The normalized spacial score (nSPS) is 15.5. The number of anilines is 1. The highest BCUT2D eigenvalue weighted by molar-refractivity contribution is 5.95. The van der Waals surface area contributed by atoms with Crippen LogP contribution in [0.5, 0.6) is 0 Å². The molecule has 1 fully saturated rings. The van der Waals surface area contributed by atoms with Crippen LogP contribution in [0.25, 0.3) is 0 Å². The van der Waals surface area contributed by atoms with E-state index < -0.39 is 0 Å². The Labute approximate surface area is 141 Å². The largest absolute Gasteiger partial charge is 0.344 e. The molecule has 0 radical (unpaired) electrons. The molecule has 0 unspecified atom stereocenters. The van der Waals surface area contributed by atoms with Gasteiger partial charge in [0.25, 0.3) is 11.9 Å². The smallest absolute Gasteiger partial charge is 0.265 e. The number of rotatable bonds is 4. The Hall–Kier alpha value is -2.44. The van der Waals surface area contributed by atoms with Crippen molar-refractivity contribution in [3.05, 3.63) is 35.5 Å². The molecular weight excluding hydrogens is 306 g/mol. The minimum atomic E-state index is 0.0900. The lowest BCUT2D eigenvalue weighted by Gasteiger charge is -2.30. The fourth-order valence-corrected chi connectivity index (χ4v) is 2.99. The van der Waals surface area contributed by atoms with E-state index in [-0.39, 0.29) is 11.8 Å². The highest BCUT2D eigenvalue weighted by atomic mass is 16.5. The van der Waals surface area contributed by atoms with Crippen LogP contribution in [0.4, 0.5) is 5.95 Å². The Kier molecular flexibility index (Phi) is 4.78. The van der Waals surface area contributed by atoms with E-state index in [1.807, 2.05) is 36.9 Å². The second-order valence-electron chi connectivity index (χ2n) is 6.28. The summed E-state index contributed by atoms with van der Waals surface area (Å²) in [5, 5.41) is 3.97. The molecule has 128 valence electrons. The predicted molar refractivity (Wildman–Crippen MR) is 90.1 cm³/mol. The van der Waals surface area contributed by atoms with Crippen molar-refractivity contribution in [2.75, 3.05) is 32.1 Å². The third kappa shape index (κ3) is 3.25. The van der Waals surface area contributed by atoms with Gasteiger partial charge in [-0.05, 0) is 36.0 Å². The average molecular weight is 329 g/mol. The molecule has 1 aliphatic rings. The number of hydrogen-bond acceptors (Lipinski definition) is 6. The number of aryl methyl sites for hydroxylation is 1. The van der Waals surface area contributed by atoms with Crippen molar-refractivity contribution >= 4 is 11.9 Å². The number of amides is 1. The van der Waals surface area contributed by atoms with Crippen LogP contribution in [-0.4, -0.2) is 53.1 Å². The fraction of sp³-hybridized carbons (Fsp3) is 0.529. The van der Waals surface area contributed by atoms with Gasteiger partial charge in [0.1, 0.15) is 0 Å². The van der Waals surface area contributed by atoms with Crippen LogP contribution < -0.4 is 4.90 Å². The molecule has 2 aromatic rings. The summed E-state index contributed by atoms with van der Waals surface area (Å²) in [5.74, 6) is 1.57. The number of pyridine rings is 1. The van der Waals surface area contributed by atoms with E-state index in [2.05, 4.69) is 15.1 Å². The van der Waals surface area contributed by atoms with Crippen molar-refractivity contribution in [1.29, 1.82) is 0 Å². The molecule has 3 rings (SSSR count). The Morgan fingerprint density at radius 2 is 2.12 bits per heavy atom. The molecule has 0 aromatic carbocycles. The summed E-state index contributed by atoms with van der Waals surface area (Å²) in [6, 6.07) is 1.81. The van der Waals surface area contributed by atoms with Crippen LogP contribution in [0.15, 0.2) is 23.0 Å². The van der Waals surface area contributed by atoms with Crippen LogP contribution in [0.1, 0.15) is 47.5 Å². The molecule has 2 aromatic heterocycles. The van der Waals surface area contributed by atoms with Crippen LogP contribution in [0.3, 0.4) is 0 Å². The van der Waals surface area contributed by atoms with Gasteiger partial charge in [-0.15, -0.1) is 0 Å². The van der Waals surface area contributed by atoms with E-state index in [4.69, 9.17) is 4.52 Å². The molecule has 0 bridgehead atoms. The SMILES string of the molecule is CCc1cnccc1C(=O)N1CCC(c2nc(N(C)C)no2)CC1. The van der Waals surface area contributed by atoms with Crippen molar-refractivity contribution in [2.45, 2.75) is 32.1 Å². The van der Waals surface area contributed by atoms with Crippen LogP contribution in [-0.2, 0) is 6.42 Å². The van der Waals surface area contributed by atoms with Crippen LogP contribution >= 0.6 is 0 Å². The second kappa shape index (κ2) is 6.98. The van der Waals surface area contributed by atoms with Crippen molar-refractivity contribution in [3.63, 3.8) is 0 Å². The van der Waals surface area contributed by atoms with E-state index >= 15 is 0 Å². The first-order valence-electron chi connectivity index (χ1n) is 8.33. The third-order valence-corrected chi connectivity index (χ3v) is 4.48. The van der Waals surface area contributed by atoms with E-state index in [0.717, 1.165) is 30.4 Å². The maximum Gasteiger partial charge on any atom is 0.265 e. The quantitative estimate of drug-likeness (QED) is 0.855. The Bertz CT molecular complexity index is 705. The summed E-state index contributed by atoms with van der Waals surface area (Å²) in [5.41, 5.74) is 1.76. The van der Waals surface area contributed by atoms with E-state index in [9.17, 15) is 4.79 Å². The lowest BCUT2D eigenvalue weighted by Crippen LogP contribution is -2.38. The molecule has 1 saturated heterocycles. The first kappa shape index (κ1) is 16.4. The molecule has 0 saturated carbocycles. The van der Waals surface area contributed by atoms with Gasteiger partial charge in [-0.3, -0.25) is 9.78 Å². The molecule has 1 aliphatic heterocycles. The number of nitrogens with zero attached hydrogens (tertiary/aromatic N) is 5. The molecule has 0 N–H and O–H groups in total. The number of carbonyl (C=O) groups is 1. The van der Waals surface area contributed by atoms with Crippen molar-refractivity contribution in [3.8, 4) is 0 Å². The second-order valence-corrected chi connectivity index (χ2v) is 6.28. The number of aromatic nitrogens is 3. The van der Waals surface area contributed by atoms with Gasteiger partial charge in [0, 0.05) is 51.1 Å². The average Bonchev–Trinajstić information content (AvgIpc) is 3.11. The molecular formula is C17H23N5O2. The molecule has 0 spiro atoms. The summed E-state index contributed by atoms with van der Waals surface area (Å²) < 4.78 is 5.37. The first-order chi connectivity index (χ1) is 11.6. The van der Waals surface area contributed by atoms with Gasteiger partial charge in [0.15, 0.2) is 0 Å². The van der Waals surface area contributed by atoms with Gasteiger partial charge in [-0.25, -0.2) is 0 Å². The fourth-order valence-electron chi connectivity index (χ4n) is 2.99. The Morgan fingerprint density at radius 3 is 2.75 bits per heavy atom. The Balaban J connectivity index is 1.65. The summed E-state index contributed by atoms with van der Waals surface area (Å²) >= 11 is 0. The molecule has 0 atom stereocenters. The summed E-state index contributed by atoms with van der Waals surface area (Å²) in [6.45, 7) is 3.45. The minimum absolute atomic E-state index is 0.0900. The van der Waals surface area contributed by atoms with Crippen molar-refractivity contribution in [1.82, 2.24) is 20.0 Å². The van der Waals surface area contributed by atoms with Gasteiger partial charge in [0.05, 0.1) is 0 Å². The third-order valence-electron chi connectivity index (χ3n) is 4.48. The maximum absolute atomic E-state index is 12.8. The zero-order valence-electron chi connectivity index (χ0n) is 14.4. The predicted octanol–water partition coefficient (Wildman–Crippen LogP) is 2.11. The van der Waals surface area contributed by atoms with E-state index in [1.54, 1.807) is 12.4 Å². The molecule has 3 heterocycles. The monoisotopic (exact) mass is 329 g/mol. The molecule has 0 aliphatic carbocycles. The topological polar surface area (TPSA) is 75.4 Å². The van der Waals surface area contributed by atoms with E-state index in [1.165, 1.54) is 0 Å². The van der Waals surface area contributed by atoms with Gasteiger partial charge >= 0.3 is 0 Å². The van der Waals surface area contributed by atoms with Crippen LogP contribution in [0, 0.1) is 0 Å². The van der Waals surface area contributed by atoms with Crippen molar-refractivity contribution in [2.24, 2.45) is 0 Å². The first-order valence-corrected chi connectivity index (χ1v) is 8.33. The number of carbonyl (C=O) groups excluding carboxylic acids is 1. The van der Waals surface area contributed by atoms with Gasteiger partial charge in [0.2, 0.25) is 5.89 Å². The molecule has 7 nitrogen and oxygen atoms in total. The minimum Gasteiger partial charge on any atom is -0.344 e. The number of piperidine rings is 1. The maximum atomic E-state index is 12.8. The molecule has 24 heavy (non-hydrogen) atoms. The summed E-state index contributed by atoms with van der Waals surface area (Å²) in [7, 11) is 3.77.